The summed E-state index contributed by atoms with van der Waals surface area (Å²) in [5.41, 5.74) is -0.388. The van der Waals surface area contributed by atoms with Crippen LogP contribution in [0.3, 0.4) is 0 Å². The number of alkyl halides is 5. The maximum absolute atomic E-state index is 14.3. The number of aromatic hydroxyl groups is 1. The van der Waals surface area contributed by atoms with Gasteiger partial charge in [-0.05, 0) is 44.2 Å². The Hall–Kier alpha value is -3.35. The van der Waals surface area contributed by atoms with E-state index in [1.165, 1.54) is 6.07 Å². The monoisotopic (exact) mass is 510 g/mol. The maximum atomic E-state index is 14.3. The van der Waals surface area contributed by atoms with Gasteiger partial charge in [0.05, 0.1) is 29.0 Å². The van der Waals surface area contributed by atoms with Crippen LogP contribution < -0.4 is 10.5 Å². The van der Waals surface area contributed by atoms with E-state index in [-0.39, 0.29) is 46.4 Å². The number of phenolic OH excluding ortho intramolecular Hbond substituents is 1. The van der Waals surface area contributed by atoms with Gasteiger partial charge in [0.25, 0.3) is 11.5 Å². The van der Waals surface area contributed by atoms with E-state index in [0.717, 1.165) is 12.4 Å². The lowest BCUT2D eigenvalue weighted by Gasteiger charge is -2.40. The molecule has 2 saturated heterocycles. The van der Waals surface area contributed by atoms with Crippen LogP contribution >= 0.6 is 0 Å². The number of fused-ring (bicyclic) bond motifs is 3. The van der Waals surface area contributed by atoms with E-state index >= 15 is 0 Å². The zero-order valence-corrected chi connectivity index (χ0v) is 19.4. The van der Waals surface area contributed by atoms with Crippen LogP contribution in [0.5, 0.6) is 5.75 Å². The molecule has 8 nitrogen and oxygen atoms in total. The van der Waals surface area contributed by atoms with E-state index in [1.54, 1.807) is 31.1 Å². The smallest absolute Gasteiger partial charge is 0.406 e. The average Bonchev–Trinajstić information content (AvgIpc) is 2.92. The summed E-state index contributed by atoms with van der Waals surface area (Å²) >= 11 is 0. The predicted molar refractivity (Wildman–Crippen MR) is 121 cm³/mol. The van der Waals surface area contributed by atoms with Crippen LogP contribution in [0.25, 0.3) is 22.2 Å². The molecule has 0 unspecified atom stereocenters. The second-order valence-corrected chi connectivity index (χ2v) is 9.49. The SMILES string of the molecule is CN(c1ccc(-c2cc3ncn(CC(F)(F)F)c(=O)c3cc2O)nn1)[C@H]1C[C@@H]2CC(F)(F)[C@H](C1)N2C. The minimum atomic E-state index is -4.60. The minimum absolute atomic E-state index is 0.0944. The summed E-state index contributed by atoms with van der Waals surface area (Å²) in [7, 11) is 3.51. The number of halogens is 5. The number of benzene rings is 1. The molecule has 0 saturated carbocycles. The molecule has 2 aliphatic rings. The average molecular weight is 510 g/mol. The molecule has 0 amide bonds. The number of phenols is 1. The van der Waals surface area contributed by atoms with E-state index in [9.17, 15) is 31.9 Å². The van der Waals surface area contributed by atoms with Crippen molar-refractivity contribution in [1.82, 2.24) is 24.6 Å². The van der Waals surface area contributed by atoms with Gasteiger partial charge in [-0.1, -0.05) is 0 Å². The summed E-state index contributed by atoms with van der Waals surface area (Å²) in [4.78, 5) is 19.9. The number of hydrogen-bond acceptors (Lipinski definition) is 7. The molecule has 2 bridgehead atoms. The summed E-state index contributed by atoms with van der Waals surface area (Å²) in [6.07, 6.45) is -3.07. The summed E-state index contributed by atoms with van der Waals surface area (Å²) in [5.74, 6) is -2.61. The highest BCUT2D eigenvalue weighted by atomic mass is 19.4. The van der Waals surface area contributed by atoms with Gasteiger partial charge in [-0.3, -0.25) is 14.3 Å². The van der Waals surface area contributed by atoms with Crippen LogP contribution in [-0.4, -0.2) is 74.1 Å². The standard InChI is InChI=1S/C23H23F5N6O2/c1-32-13-5-12(6-19(32)22(24,25)9-13)33(2)20-4-3-16(30-31-20)14-7-17-15(8-18(14)35)21(36)34(11-29-17)10-23(26,27)28/h3-4,7-8,11-13,19,35H,5-6,9-10H2,1-2H3/t12-,13+,19-/m0/s1. The molecule has 3 atom stereocenters. The maximum Gasteiger partial charge on any atom is 0.406 e. The van der Waals surface area contributed by atoms with Crippen molar-refractivity contribution in [2.24, 2.45) is 0 Å². The lowest BCUT2D eigenvalue weighted by atomic mass is 9.96. The van der Waals surface area contributed by atoms with Crippen molar-refractivity contribution in [3.63, 3.8) is 0 Å². The normalized spacial score (nSPS) is 23.8. The third-order valence-electron chi connectivity index (χ3n) is 7.23. The lowest BCUT2D eigenvalue weighted by molar-refractivity contribution is -0.141. The van der Waals surface area contributed by atoms with Crippen LogP contribution in [0, 0.1) is 0 Å². The van der Waals surface area contributed by atoms with Crippen molar-refractivity contribution in [1.29, 1.82) is 0 Å². The summed E-state index contributed by atoms with van der Waals surface area (Å²) in [6.45, 7) is -1.49. The second-order valence-electron chi connectivity index (χ2n) is 9.49. The fraction of sp³-hybridized carbons (Fsp3) is 0.478. The van der Waals surface area contributed by atoms with E-state index < -0.39 is 30.2 Å². The van der Waals surface area contributed by atoms with Crippen LogP contribution in [0.15, 0.2) is 35.4 Å². The van der Waals surface area contributed by atoms with Crippen molar-refractivity contribution in [2.45, 2.75) is 56.0 Å². The van der Waals surface area contributed by atoms with Crippen molar-refractivity contribution in [3.8, 4) is 17.0 Å². The highest BCUT2D eigenvalue weighted by molar-refractivity contribution is 5.86. The van der Waals surface area contributed by atoms with Gasteiger partial charge in [-0.25, -0.2) is 13.8 Å². The second kappa shape index (κ2) is 8.36. The molecule has 192 valence electrons. The zero-order valence-electron chi connectivity index (χ0n) is 19.4. The first-order valence-electron chi connectivity index (χ1n) is 11.3. The van der Waals surface area contributed by atoms with Crippen molar-refractivity contribution in [3.05, 3.63) is 40.9 Å². The van der Waals surface area contributed by atoms with Crippen LogP contribution in [0.4, 0.5) is 27.8 Å². The van der Waals surface area contributed by atoms with E-state index in [1.807, 2.05) is 4.90 Å². The van der Waals surface area contributed by atoms with E-state index in [4.69, 9.17) is 0 Å². The fourth-order valence-electron chi connectivity index (χ4n) is 5.27. The molecule has 36 heavy (non-hydrogen) atoms. The number of hydrogen-bond donors (Lipinski definition) is 1. The molecule has 4 heterocycles. The lowest BCUT2D eigenvalue weighted by Crippen LogP contribution is -2.50. The van der Waals surface area contributed by atoms with E-state index in [2.05, 4.69) is 15.2 Å². The van der Waals surface area contributed by atoms with Crippen molar-refractivity contribution < 1.29 is 27.1 Å². The van der Waals surface area contributed by atoms with Gasteiger partial charge in [0.15, 0.2) is 5.82 Å². The quantitative estimate of drug-likeness (QED) is 0.539. The third kappa shape index (κ3) is 4.25. The Morgan fingerprint density at radius 2 is 1.94 bits per heavy atom. The van der Waals surface area contributed by atoms with Gasteiger partial charge < -0.3 is 10.0 Å². The Kier molecular flexibility index (Phi) is 5.65. The highest BCUT2D eigenvalue weighted by Crippen LogP contribution is 2.46. The number of rotatable bonds is 4. The Morgan fingerprint density at radius 1 is 1.19 bits per heavy atom. The van der Waals surface area contributed by atoms with Crippen molar-refractivity contribution in [2.75, 3.05) is 19.0 Å². The third-order valence-corrected chi connectivity index (χ3v) is 7.23. The Morgan fingerprint density at radius 3 is 2.58 bits per heavy atom. The summed E-state index contributed by atoms with van der Waals surface area (Å²) < 4.78 is 67.1. The number of aromatic nitrogens is 4. The number of piperidine rings is 1. The molecule has 5 rings (SSSR count). The first-order chi connectivity index (χ1) is 16.8. The molecule has 2 fully saturated rings. The topological polar surface area (TPSA) is 87.4 Å². The highest BCUT2D eigenvalue weighted by Gasteiger charge is 2.56. The Bertz CT molecular complexity index is 1360. The minimum Gasteiger partial charge on any atom is -0.507 e. The Labute approximate surface area is 202 Å². The zero-order chi connectivity index (χ0) is 26.0. The molecule has 2 aromatic heterocycles. The molecule has 0 aliphatic carbocycles. The van der Waals surface area contributed by atoms with Crippen molar-refractivity contribution >= 4 is 16.7 Å². The first kappa shape index (κ1) is 24.3. The molecule has 13 heteroatoms. The molecule has 3 aromatic rings. The van der Waals surface area contributed by atoms with Gasteiger partial charge in [-0.2, -0.15) is 13.2 Å². The summed E-state index contributed by atoms with van der Waals surface area (Å²) in [5, 5.41) is 18.7. The molecule has 1 N–H and O–H groups in total. The van der Waals surface area contributed by atoms with Gasteiger partial charge in [0, 0.05) is 31.1 Å². The molecule has 1 aromatic carbocycles. The van der Waals surface area contributed by atoms with Gasteiger partial charge in [-0.15, -0.1) is 10.2 Å². The Balaban J connectivity index is 1.39. The summed E-state index contributed by atoms with van der Waals surface area (Å²) in [6, 6.07) is 4.49. The van der Waals surface area contributed by atoms with Crippen LogP contribution in [0.2, 0.25) is 0 Å². The molecule has 2 aliphatic heterocycles. The van der Waals surface area contributed by atoms with Crippen LogP contribution in [-0.2, 0) is 6.54 Å². The van der Waals surface area contributed by atoms with E-state index in [0.29, 0.717) is 23.2 Å². The van der Waals surface area contributed by atoms with Gasteiger partial charge >= 0.3 is 6.18 Å². The van der Waals surface area contributed by atoms with Gasteiger partial charge in [0.2, 0.25) is 0 Å². The first-order valence-corrected chi connectivity index (χ1v) is 11.3. The predicted octanol–water partition coefficient (Wildman–Crippen LogP) is 3.43. The molecular weight excluding hydrogens is 487 g/mol. The van der Waals surface area contributed by atoms with Gasteiger partial charge in [0.1, 0.15) is 12.3 Å². The number of anilines is 1. The number of nitrogens with zero attached hydrogens (tertiary/aromatic N) is 6. The largest absolute Gasteiger partial charge is 0.507 e. The molecular formula is C23H23F5N6O2. The fourth-order valence-corrected chi connectivity index (χ4v) is 5.27. The molecule has 0 radical (unpaired) electrons. The van der Waals surface area contributed by atoms with Crippen LogP contribution in [0.1, 0.15) is 19.3 Å². The molecule has 0 spiro atoms.